The van der Waals surface area contributed by atoms with Gasteiger partial charge in [-0.3, -0.25) is 4.79 Å². The van der Waals surface area contributed by atoms with Crippen molar-refractivity contribution in [3.8, 4) is 11.8 Å². The highest BCUT2D eigenvalue weighted by molar-refractivity contribution is 5.91. The molecule has 0 aromatic heterocycles. The van der Waals surface area contributed by atoms with Crippen LogP contribution in [0.1, 0.15) is 5.56 Å². The Kier molecular flexibility index (Phi) is 4.30. The molecule has 4 nitrogen and oxygen atoms in total. The second-order valence-corrected chi connectivity index (χ2v) is 3.99. The van der Waals surface area contributed by atoms with Gasteiger partial charge < -0.3 is 10.1 Å². The summed E-state index contributed by atoms with van der Waals surface area (Å²) in [5, 5.41) is 11.3. The summed E-state index contributed by atoms with van der Waals surface area (Å²) in [4.78, 5) is 11.6. The molecule has 0 spiro atoms. The second kappa shape index (κ2) is 6.34. The van der Waals surface area contributed by atoms with E-state index in [1.54, 1.807) is 24.3 Å². The maximum Gasteiger partial charge on any atom is 0.262 e. The van der Waals surface area contributed by atoms with Gasteiger partial charge in [0.1, 0.15) is 11.6 Å². The summed E-state index contributed by atoms with van der Waals surface area (Å²) in [6.07, 6.45) is 0. The van der Waals surface area contributed by atoms with Crippen LogP contribution in [0.2, 0.25) is 0 Å². The Labute approximate surface area is 115 Å². The highest BCUT2D eigenvalue weighted by atomic mass is 19.1. The molecule has 0 aliphatic carbocycles. The summed E-state index contributed by atoms with van der Waals surface area (Å²) >= 11 is 0. The molecule has 0 saturated heterocycles. The van der Waals surface area contributed by atoms with Crippen LogP contribution in [0.15, 0.2) is 48.5 Å². The zero-order valence-electron chi connectivity index (χ0n) is 10.5. The SMILES string of the molecule is N#Cc1cccc(OCC(=O)Nc2cccc(F)c2)c1. The van der Waals surface area contributed by atoms with Crippen LogP contribution in [0.4, 0.5) is 10.1 Å². The first-order valence-corrected chi connectivity index (χ1v) is 5.86. The van der Waals surface area contributed by atoms with Crippen LogP contribution in [0.5, 0.6) is 5.75 Å². The number of halogens is 1. The fraction of sp³-hybridized carbons (Fsp3) is 0.0667. The van der Waals surface area contributed by atoms with Gasteiger partial charge in [-0.05, 0) is 36.4 Å². The molecule has 0 atom stereocenters. The quantitative estimate of drug-likeness (QED) is 0.929. The van der Waals surface area contributed by atoms with E-state index in [0.717, 1.165) is 0 Å². The first kappa shape index (κ1) is 13.6. The van der Waals surface area contributed by atoms with E-state index in [1.807, 2.05) is 6.07 Å². The fourth-order valence-electron chi connectivity index (χ4n) is 1.57. The van der Waals surface area contributed by atoms with Gasteiger partial charge in [0.25, 0.3) is 5.91 Å². The molecular weight excluding hydrogens is 259 g/mol. The number of rotatable bonds is 4. The average Bonchev–Trinajstić information content (AvgIpc) is 2.45. The number of carbonyl (C=O) groups is 1. The van der Waals surface area contributed by atoms with Crippen molar-refractivity contribution in [2.45, 2.75) is 0 Å². The molecule has 2 aromatic rings. The normalized spacial score (nSPS) is 9.60. The summed E-state index contributed by atoms with van der Waals surface area (Å²) in [5.74, 6) is -0.401. The smallest absolute Gasteiger partial charge is 0.262 e. The van der Waals surface area contributed by atoms with Crippen molar-refractivity contribution >= 4 is 11.6 Å². The van der Waals surface area contributed by atoms with Gasteiger partial charge in [0, 0.05) is 5.69 Å². The minimum absolute atomic E-state index is 0.217. The molecule has 0 bridgehead atoms. The van der Waals surface area contributed by atoms with Gasteiger partial charge in [0.15, 0.2) is 6.61 Å². The summed E-state index contributed by atoms with van der Waals surface area (Å²) < 4.78 is 18.2. The van der Waals surface area contributed by atoms with Gasteiger partial charge in [0.05, 0.1) is 11.6 Å². The molecule has 0 aliphatic heterocycles. The van der Waals surface area contributed by atoms with E-state index in [1.165, 1.54) is 24.3 Å². The highest BCUT2D eigenvalue weighted by Crippen LogP contribution is 2.13. The van der Waals surface area contributed by atoms with Gasteiger partial charge in [-0.2, -0.15) is 5.26 Å². The summed E-state index contributed by atoms with van der Waals surface area (Å²) in [7, 11) is 0. The number of nitrogens with zero attached hydrogens (tertiary/aromatic N) is 1. The number of nitrogens with one attached hydrogen (secondary N) is 1. The van der Waals surface area contributed by atoms with Crippen LogP contribution in [0.3, 0.4) is 0 Å². The fourth-order valence-corrected chi connectivity index (χ4v) is 1.57. The Morgan fingerprint density at radius 2 is 2.05 bits per heavy atom. The second-order valence-electron chi connectivity index (χ2n) is 3.99. The minimum Gasteiger partial charge on any atom is -0.484 e. The molecule has 5 heteroatoms. The maximum atomic E-state index is 12.9. The Hall–Kier alpha value is -2.87. The van der Waals surface area contributed by atoms with Crippen LogP contribution in [-0.4, -0.2) is 12.5 Å². The lowest BCUT2D eigenvalue weighted by Crippen LogP contribution is -2.20. The Morgan fingerprint density at radius 1 is 1.25 bits per heavy atom. The Bertz CT molecular complexity index is 665. The lowest BCUT2D eigenvalue weighted by Gasteiger charge is -2.07. The number of hydrogen-bond acceptors (Lipinski definition) is 3. The van der Waals surface area contributed by atoms with E-state index >= 15 is 0 Å². The third-order valence-electron chi connectivity index (χ3n) is 2.44. The van der Waals surface area contributed by atoms with Crippen molar-refractivity contribution in [2.24, 2.45) is 0 Å². The number of nitriles is 1. The number of amides is 1. The summed E-state index contributed by atoms with van der Waals surface area (Å²) in [5.41, 5.74) is 0.817. The van der Waals surface area contributed by atoms with Crippen LogP contribution in [0.25, 0.3) is 0 Å². The molecule has 0 heterocycles. The molecule has 1 N–H and O–H groups in total. The largest absolute Gasteiger partial charge is 0.484 e. The molecular formula is C15H11FN2O2. The first-order chi connectivity index (χ1) is 9.67. The third kappa shape index (κ3) is 3.82. The number of benzene rings is 2. The molecule has 100 valence electrons. The van der Waals surface area contributed by atoms with Crippen LogP contribution >= 0.6 is 0 Å². The van der Waals surface area contributed by atoms with Crippen molar-refractivity contribution in [2.75, 3.05) is 11.9 Å². The van der Waals surface area contributed by atoms with Crippen LogP contribution in [-0.2, 0) is 4.79 Å². The predicted molar refractivity (Wildman–Crippen MR) is 71.7 cm³/mol. The number of ether oxygens (including phenoxy) is 1. The zero-order chi connectivity index (χ0) is 14.4. The van der Waals surface area contributed by atoms with Crippen molar-refractivity contribution in [3.63, 3.8) is 0 Å². The number of anilines is 1. The molecule has 0 radical (unpaired) electrons. The lowest BCUT2D eigenvalue weighted by atomic mass is 10.2. The first-order valence-electron chi connectivity index (χ1n) is 5.86. The molecule has 0 unspecified atom stereocenters. The van der Waals surface area contributed by atoms with Gasteiger partial charge in [0.2, 0.25) is 0 Å². The van der Waals surface area contributed by atoms with Crippen molar-refractivity contribution in [1.82, 2.24) is 0 Å². The van der Waals surface area contributed by atoms with Gasteiger partial charge >= 0.3 is 0 Å². The molecule has 2 aromatic carbocycles. The molecule has 0 aliphatic rings. The molecule has 0 saturated carbocycles. The Morgan fingerprint density at radius 3 is 2.80 bits per heavy atom. The van der Waals surface area contributed by atoms with Crippen molar-refractivity contribution in [1.29, 1.82) is 5.26 Å². The van der Waals surface area contributed by atoms with Gasteiger partial charge in [-0.15, -0.1) is 0 Å². The lowest BCUT2D eigenvalue weighted by molar-refractivity contribution is -0.118. The third-order valence-corrected chi connectivity index (χ3v) is 2.44. The average molecular weight is 270 g/mol. The Balaban J connectivity index is 1.90. The molecule has 1 amide bonds. The highest BCUT2D eigenvalue weighted by Gasteiger charge is 2.04. The number of carbonyl (C=O) groups excluding carboxylic acids is 1. The topological polar surface area (TPSA) is 62.1 Å². The molecule has 20 heavy (non-hydrogen) atoms. The van der Waals surface area contributed by atoms with Gasteiger partial charge in [-0.1, -0.05) is 12.1 Å². The molecule has 0 fully saturated rings. The summed E-state index contributed by atoms with van der Waals surface area (Å²) in [6, 6.07) is 14.1. The standard InChI is InChI=1S/C15H11FN2O2/c16-12-4-2-5-13(8-12)18-15(19)10-20-14-6-1-3-11(7-14)9-17/h1-8H,10H2,(H,18,19). The van der Waals surface area contributed by atoms with E-state index in [0.29, 0.717) is 17.0 Å². The predicted octanol–water partition coefficient (Wildman–Crippen LogP) is 2.71. The van der Waals surface area contributed by atoms with E-state index in [4.69, 9.17) is 10.00 Å². The van der Waals surface area contributed by atoms with E-state index in [-0.39, 0.29) is 6.61 Å². The van der Waals surface area contributed by atoms with Crippen LogP contribution in [0, 0.1) is 17.1 Å². The maximum absolute atomic E-state index is 12.9. The van der Waals surface area contributed by atoms with E-state index in [2.05, 4.69) is 5.32 Å². The van der Waals surface area contributed by atoms with Gasteiger partial charge in [-0.25, -0.2) is 4.39 Å². The molecule has 2 rings (SSSR count). The van der Waals surface area contributed by atoms with E-state index < -0.39 is 11.7 Å². The zero-order valence-corrected chi connectivity index (χ0v) is 10.5. The summed E-state index contributed by atoms with van der Waals surface area (Å²) in [6.45, 7) is -0.217. The van der Waals surface area contributed by atoms with Crippen molar-refractivity contribution in [3.05, 3.63) is 59.9 Å². The minimum atomic E-state index is -0.426. The van der Waals surface area contributed by atoms with Crippen molar-refractivity contribution < 1.29 is 13.9 Å². The van der Waals surface area contributed by atoms with E-state index in [9.17, 15) is 9.18 Å². The van der Waals surface area contributed by atoms with Crippen LogP contribution < -0.4 is 10.1 Å². The number of hydrogen-bond donors (Lipinski definition) is 1. The monoisotopic (exact) mass is 270 g/mol.